The molecule has 2 atom stereocenters. The van der Waals surface area contributed by atoms with Gasteiger partial charge in [0, 0.05) is 12.1 Å². The average molecular weight is 286 g/mol. The highest BCUT2D eigenvalue weighted by molar-refractivity contribution is 9.10. The van der Waals surface area contributed by atoms with Gasteiger partial charge in [0.15, 0.2) is 5.82 Å². The summed E-state index contributed by atoms with van der Waals surface area (Å²) in [5.74, 6) is 0.767. The van der Waals surface area contributed by atoms with Gasteiger partial charge in [-0.2, -0.15) is 0 Å². The second-order valence-electron chi connectivity index (χ2n) is 4.41. The van der Waals surface area contributed by atoms with Crippen LogP contribution in [0.1, 0.15) is 33.1 Å². The molecule has 1 saturated heterocycles. The molecule has 2 heterocycles. The lowest BCUT2D eigenvalue weighted by molar-refractivity contribution is 0.410. The first-order valence-electron chi connectivity index (χ1n) is 5.62. The third kappa shape index (κ3) is 2.00. The van der Waals surface area contributed by atoms with Crippen molar-refractivity contribution in [2.45, 2.75) is 45.2 Å². The summed E-state index contributed by atoms with van der Waals surface area (Å²) >= 11 is 3.32. The van der Waals surface area contributed by atoms with Crippen molar-refractivity contribution in [1.29, 1.82) is 0 Å². The largest absolute Gasteiger partial charge is 0.350 e. The van der Waals surface area contributed by atoms with Crippen molar-refractivity contribution >= 4 is 21.7 Å². The van der Waals surface area contributed by atoms with E-state index in [9.17, 15) is 4.79 Å². The summed E-state index contributed by atoms with van der Waals surface area (Å²) < 4.78 is 0.538. The average Bonchev–Trinajstić information content (AvgIpc) is 2.24. The predicted octanol–water partition coefficient (Wildman–Crippen LogP) is 2.30. The molecule has 1 aliphatic heterocycles. The number of nitrogens with one attached hydrogen (secondary N) is 1. The Bertz CT molecular complexity index is 421. The normalized spacial score (nSPS) is 25.8. The standard InChI is InChI=1S/C11H16BrN3O/c1-7-4-3-5-8(2)15(7)10-9(12)11(16)14-6-13-10/h6-8H,3-5H2,1-2H3,(H,13,14,16)/t7-,8+. The number of aromatic nitrogens is 2. The first-order valence-corrected chi connectivity index (χ1v) is 6.42. The van der Waals surface area contributed by atoms with E-state index >= 15 is 0 Å². The van der Waals surface area contributed by atoms with Crippen LogP contribution in [-0.4, -0.2) is 22.1 Å². The maximum absolute atomic E-state index is 11.5. The fourth-order valence-corrected chi connectivity index (χ4v) is 2.81. The van der Waals surface area contributed by atoms with Crippen LogP contribution in [0.3, 0.4) is 0 Å². The Morgan fingerprint density at radius 1 is 1.44 bits per heavy atom. The number of piperidine rings is 1. The van der Waals surface area contributed by atoms with Gasteiger partial charge in [-0.05, 0) is 49.0 Å². The molecule has 16 heavy (non-hydrogen) atoms. The molecule has 0 radical (unpaired) electrons. The predicted molar refractivity (Wildman–Crippen MR) is 67.8 cm³/mol. The van der Waals surface area contributed by atoms with Crippen LogP contribution < -0.4 is 10.5 Å². The molecular formula is C11H16BrN3O. The highest BCUT2D eigenvalue weighted by Crippen LogP contribution is 2.30. The molecule has 0 spiro atoms. The van der Waals surface area contributed by atoms with E-state index in [1.807, 2.05) is 0 Å². The minimum Gasteiger partial charge on any atom is -0.350 e. The Labute approximate surface area is 103 Å². The molecule has 1 N–H and O–H groups in total. The van der Waals surface area contributed by atoms with E-state index in [1.165, 1.54) is 12.7 Å². The molecule has 0 bridgehead atoms. The molecule has 1 fully saturated rings. The number of hydrogen-bond acceptors (Lipinski definition) is 3. The summed E-state index contributed by atoms with van der Waals surface area (Å²) in [6.45, 7) is 4.37. The molecule has 4 nitrogen and oxygen atoms in total. The van der Waals surface area contributed by atoms with Gasteiger partial charge in [0.2, 0.25) is 0 Å². The number of aromatic amines is 1. The molecule has 2 rings (SSSR count). The zero-order valence-electron chi connectivity index (χ0n) is 9.53. The fourth-order valence-electron chi connectivity index (χ4n) is 2.39. The van der Waals surface area contributed by atoms with Crippen LogP contribution >= 0.6 is 15.9 Å². The van der Waals surface area contributed by atoms with E-state index in [1.54, 1.807) is 0 Å². The summed E-state index contributed by atoms with van der Waals surface area (Å²) in [5.41, 5.74) is -0.116. The number of anilines is 1. The van der Waals surface area contributed by atoms with Crippen LogP contribution in [-0.2, 0) is 0 Å². The maximum Gasteiger partial charge on any atom is 0.267 e. The van der Waals surface area contributed by atoms with E-state index in [0.717, 1.165) is 18.7 Å². The fraction of sp³-hybridized carbons (Fsp3) is 0.636. The lowest BCUT2D eigenvalue weighted by Gasteiger charge is -2.40. The van der Waals surface area contributed by atoms with Crippen LogP contribution in [0.4, 0.5) is 5.82 Å². The molecule has 1 aliphatic rings. The molecule has 0 aromatic carbocycles. The van der Waals surface area contributed by atoms with Crippen molar-refractivity contribution in [3.05, 3.63) is 21.2 Å². The summed E-state index contributed by atoms with van der Waals surface area (Å²) in [6, 6.07) is 0.878. The van der Waals surface area contributed by atoms with Crippen LogP contribution in [0, 0.1) is 0 Å². The molecule has 0 aliphatic carbocycles. The third-order valence-electron chi connectivity index (χ3n) is 3.22. The highest BCUT2D eigenvalue weighted by Gasteiger charge is 2.27. The van der Waals surface area contributed by atoms with Gasteiger partial charge in [0.05, 0.1) is 6.33 Å². The Balaban J connectivity index is 2.41. The van der Waals surface area contributed by atoms with Crippen molar-refractivity contribution in [3.63, 3.8) is 0 Å². The first kappa shape index (κ1) is 11.6. The SMILES string of the molecule is C[C@@H]1CCC[C@H](C)N1c1nc[nH]c(=O)c1Br. The molecule has 0 saturated carbocycles. The van der Waals surface area contributed by atoms with Crippen molar-refractivity contribution in [2.24, 2.45) is 0 Å². The number of halogens is 1. The minimum absolute atomic E-state index is 0.116. The van der Waals surface area contributed by atoms with E-state index < -0.39 is 0 Å². The maximum atomic E-state index is 11.5. The van der Waals surface area contributed by atoms with Crippen molar-refractivity contribution < 1.29 is 0 Å². The number of H-pyrrole nitrogens is 1. The first-order chi connectivity index (χ1) is 7.61. The van der Waals surface area contributed by atoms with E-state index in [2.05, 4.69) is 44.6 Å². The van der Waals surface area contributed by atoms with Gasteiger partial charge >= 0.3 is 0 Å². The van der Waals surface area contributed by atoms with Gasteiger partial charge in [0.25, 0.3) is 5.56 Å². The smallest absolute Gasteiger partial charge is 0.267 e. The Morgan fingerprint density at radius 3 is 2.69 bits per heavy atom. The monoisotopic (exact) mass is 285 g/mol. The Morgan fingerprint density at radius 2 is 2.06 bits per heavy atom. The van der Waals surface area contributed by atoms with Gasteiger partial charge in [0.1, 0.15) is 4.47 Å². The van der Waals surface area contributed by atoms with Gasteiger partial charge in [-0.15, -0.1) is 0 Å². The molecule has 88 valence electrons. The van der Waals surface area contributed by atoms with Crippen LogP contribution in [0.25, 0.3) is 0 Å². The molecule has 0 unspecified atom stereocenters. The highest BCUT2D eigenvalue weighted by atomic mass is 79.9. The quantitative estimate of drug-likeness (QED) is 0.861. The topological polar surface area (TPSA) is 49.0 Å². The molecular weight excluding hydrogens is 270 g/mol. The van der Waals surface area contributed by atoms with Crippen molar-refractivity contribution in [3.8, 4) is 0 Å². The Hall–Kier alpha value is -0.840. The second kappa shape index (κ2) is 4.57. The van der Waals surface area contributed by atoms with E-state index in [-0.39, 0.29) is 5.56 Å². The minimum atomic E-state index is -0.116. The lowest BCUT2D eigenvalue weighted by Crippen LogP contribution is -2.45. The van der Waals surface area contributed by atoms with Gasteiger partial charge in [-0.3, -0.25) is 4.79 Å². The summed E-state index contributed by atoms with van der Waals surface area (Å²) in [4.78, 5) is 20.6. The molecule has 1 aromatic rings. The number of nitrogens with zero attached hydrogens (tertiary/aromatic N) is 2. The van der Waals surface area contributed by atoms with Gasteiger partial charge < -0.3 is 9.88 Å². The second-order valence-corrected chi connectivity index (χ2v) is 5.20. The summed E-state index contributed by atoms with van der Waals surface area (Å²) in [5, 5.41) is 0. The third-order valence-corrected chi connectivity index (χ3v) is 3.93. The molecule has 5 heteroatoms. The van der Waals surface area contributed by atoms with Crippen LogP contribution in [0.15, 0.2) is 15.6 Å². The van der Waals surface area contributed by atoms with Gasteiger partial charge in [-0.1, -0.05) is 0 Å². The zero-order chi connectivity index (χ0) is 11.7. The van der Waals surface area contributed by atoms with Crippen molar-refractivity contribution in [1.82, 2.24) is 9.97 Å². The van der Waals surface area contributed by atoms with Crippen molar-refractivity contribution in [2.75, 3.05) is 4.90 Å². The van der Waals surface area contributed by atoms with E-state index in [4.69, 9.17) is 0 Å². The zero-order valence-corrected chi connectivity index (χ0v) is 11.1. The van der Waals surface area contributed by atoms with Gasteiger partial charge in [-0.25, -0.2) is 4.98 Å². The van der Waals surface area contributed by atoms with E-state index in [0.29, 0.717) is 16.6 Å². The molecule has 1 aromatic heterocycles. The summed E-state index contributed by atoms with van der Waals surface area (Å²) in [6.07, 6.45) is 5.03. The number of rotatable bonds is 1. The molecule has 0 amide bonds. The van der Waals surface area contributed by atoms with Crippen LogP contribution in [0.2, 0.25) is 0 Å². The summed E-state index contributed by atoms with van der Waals surface area (Å²) in [7, 11) is 0. The number of hydrogen-bond donors (Lipinski definition) is 1. The van der Waals surface area contributed by atoms with Crippen LogP contribution in [0.5, 0.6) is 0 Å². The Kier molecular flexibility index (Phi) is 3.33. The lowest BCUT2D eigenvalue weighted by atomic mass is 9.98.